The lowest BCUT2D eigenvalue weighted by Crippen LogP contribution is -2.60. The van der Waals surface area contributed by atoms with Crippen LogP contribution in [0.5, 0.6) is 5.75 Å². The number of rotatable bonds is 5. The summed E-state index contributed by atoms with van der Waals surface area (Å²) >= 11 is 0. The van der Waals surface area contributed by atoms with Crippen LogP contribution < -0.4 is 10.1 Å². The lowest BCUT2D eigenvalue weighted by molar-refractivity contribution is -0.271. The van der Waals surface area contributed by atoms with Crippen LogP contribution in [0.3, 0.4) is 0 Å². The number of nitrogens with zero attached hydrogens (tertiary/aromatic N) is 1. The van der Waals surface area contributed by atoms with E-state index >= 15 is 0 Å². The number of halogens is 4. The monoisotopic (exact) mass is 522 g/mol. The van der Waals surface area contributed by atoms with Crippen molar-refractivity contribution in [2.45, 2.75) is 50.8 Å². The molecule has 0 bridgehead atoms. The normalized spacial score (nSPS) is 21.5. The molecule has 0 aromatic heterocycles. The third-order valence-electron chi connectivity index (χ3n) is 8.14. The van der Waals surface area contributed by atoms with Crippen molar-refractivity contribution in [1.82, 2.24) is 10.2 Å². The van der Waals surface area contributed by atoms with Crippen LogP contribution in [-0.4, -0.2) is 57.4 Å². The zero-order valence-electron chi connectivity index (χ0n) is 21.7. The Labute approximate surface area is 215 Å². The van der Waals surface area contributed by atoms with Crippen molar-refractivity contribution >= 4 is 5.91 Å². The van der Waals surface area contributed by atoms with Gasteiger partial charge in [0, 0.05) is 44.3 Å². The van der Waals surface area contributed by atoms with E-state index in [2.05, 4.69) is 5.32 Å². The van der Waals surface area contributed by atoms with Crippen molar-refractivity contribution in [3.8, 4) is 5.75 Å². The van der Waals surface area contributed by atoms with E-state index < -0.39 is 23.5 Å². The number of alkyl halides is 3. The first-order valence-electron chi connectivity index (χ1n) is 12.5. The van der Waals surface area contributed by atoms with E-state index in [1.165, 1.54) is 36.3 Å². The molecule has 202 valence electrons. The van der Waals surface area contributed by atoms with Crippen LogP contribution in [0.4, 0.5) is 17.6 Å². The van der Waals surface area contributed by atoms with Gasteiger partial charge in [-0.25, -0.2) is 4.39 Å². The maximum absolute atomic E-state index is 14.7. The maximum Gasteiger partial charge on any atom is 0.430 e. The second-order valence-electron chi connectivity index (χ2n) is 10.3. The third-order valence-corrected chi connectivity index (χ3v) is 8.14. The zero-order chi connectivity index (χ0) is 27.0. The minimum atomic E-state index is -4.95. The van der Waals surface area contributed by atoms with Crippen molar-refractivity contribution < 1.29 is 31.8 Å². The summed E-state index contributed by atoms with van der Waals surface area (Å²) in [4.78, 5) is 15.0. The number of amides is 1. The van der Waals surface area contributed by atoms with Gasteiger partial charge in [0.05, 0.1) is 7.11 Å². The number of benzene rings is 2. The maximum atomic E-state index is 14.7. The second-order valence-corrected chi connectivity index (χ2v) is 10.3. The van der Waals surface area contributed by atoms with Gasteiger partial charge in [0.15, 0.2) is 0 Å². The molecule has 4 rings (SSSR count). The summed E-state index contributed by atoms with van der Waals surface area (Å²) in [7, 11) is 2.44. The first-order valence-corrected chi connectivity index (χ1v) is 12.5. The molecule has 2 fully saturated rings. The Morgan fingerprint density at radius 2 is 1.68 bits per heavy atom. The van der Waals surface area contributed by atoms with Crippen LogP contribution in [0, 0.1) is 25.1 Å². The van der Waals surface area contributed by atoms with Crippen molar-refractivity contribution in [1.29, 1.82) is 0 Å². The summed E-state index contributed by atoms with van der Waals surface area (Å²) < 4.78 is 68.4. The molecule has 1 N–H and O–H groups in total. The summed E-state index contributed by atoms with van der Waals surface area (Å²) in [6.45, 7) is 5.15. The van der Waals surface area contributed by atoms with Gasteiger partial charge in [0.2, 0.25) is 0 Å². The van der Waals surface area contributed by atoms with E-state index in [0.717, 1.165) is 25.6 Å². The fourth-order valence-corrected chi connectivity index (χ4v) is 6.27. The first kappa shape index (κ1) is 27.4. The zero-order valence-corrected chi connectivity index (χ0v) is 21.7. The number of hydrogen-bond donors (Lipinski definition) is 1. The molecule has 37 heavy (non-hydrogen) atoms. The van der Waals surface area contributed by atoms with Gasteiger partial charge in [-0.05, 0) is 56.7 Å². The summed E-state index contributed by atoms with van der Waals surface area (Å²) in [6, 6.07) is 8.99. The number of hydrogen-bond acceptors (Lipinski definition) is 4. The number of aryl methyl sites for hydroxylation is 2. The van der Waals surface area contributed by atoms with Gasteiger partial charge in [0.1, 0.15) is 11.6 Å². The van der Waals surface area contributed by atoms with Gasteiger partial charge in [-0.15, -0.1) is 0 Å². The Hall–Kier alpha value is -2.65. The van der Waals surface area contributed by atoms with Crippen LogP contribution in [-0.2, 0) is 15.1 Å². The molecular formula is C28H34F4N2O3. The average molecular weight is 523 g/mol. The van der Waals surface area contributed by atoms with Crippen LogP contribution in [0.2, 0.25) is 0 Å². The quantitative estimate of drug-likeness (QED) is 0.546. The van der Waals surface area contributed by atoms with Gasteiger partial charge in [-0.1, -0.05) is 35.4 Å². The number of likely N-dealkylation sites (tertiary alicyclic amines) is 1. The molecule has 2 aliphatic heterocycles. The first-order chi connectivity index (χ1) is 17.5. The number of carbonyl (C=O) groups is 1. The molecule has 5 nitrogen and oxygen atoms in total. The predicted octanol–water partition coefficient (Wildman–Crippen LogP) is 5.24. The molecule has 0 saturated carbocycles. The Kier molecular flexibility index (Phi) is 7.59. The van der Waals surface area contributed by atoms with Gasteiger partial charge in [0.25, 0.3) is 11.5 Å². The molecule has 1 amide bonds. The molecule has 2 atom stereocenters. The minimum Gasteiger partial charge on any atom is -0.496 e. The smallest absolute Gasteiger partial charge is 0.430 e. The van der Waals surface area contributed by atoms with Crippen molar-refractivity contribution in [2.75, 3.05) is 40.4 Å². The van der Waals surface area contributed by atoms with E-state index in [1.54, 1.807) is 26.0 Å². The second kappa shape index (κ2) is 10.3. The number of carbonyl (C=O) groups excluding carboxylic acids is 1. The Morgan fingerprint density at radius 3 is 2.24 bits per heavy atom. The van der Waals surface area contributed by atoms with Crippen LogP contribution in [0.15, 0.2) is 36.4 Å². The predicted molar refractivity (Wildman–Crippen MR) is 132 cm³/mol. The van der Waals surface area contributed by atoms with Crippen LogP contribution >= 0.6 is 0 Å². The fraction of sp³-hybridized carbons (Fsp3) is 0.536. The molecule has 2 saturated heterocycles. The molecule has 1 spiro atoms. The number of piperidine rings is 2. The van der Waals surface area contributed by atoms with E-state index in [0.29, 0.717) is 36.3 Å². The standard InChI is InChI=1S/C28H34F4N2O3/c1-18-13-19(2)15-20(14-18)27(37-4,28(30,31)32)25(35)34-11-8-26(9-12-34)7-10-33-17-23(26)22-6-5-21(29)16-24(22)36-3/h5-6,13-16,23,33H,7-12,17H2,1-4H3. The van der Waals surface area contributed by atoms with Crippen molar-refractivity contribution in [3.63, 3.8) is 0 Å². The molecule has 2 aromatic rings. The molecule has 0 aliphatic carbocycles. The lowest BCUT2D eigenvalue weighted by Gasteiger charge is -2.51. The highest BCUT2D eigenvalue weighted by Gasteiger charge is 2.64. The number of nitrogens with one attached hydrogen (secondary N) is 1. The van der Waals surface area contributed by atoms with Crippen molar-refractivity contribution in [3.05, 3.63) is 64.5 Å². The summed E-state index contributed by atoms with van der Waals surface area (Å²) in [5.74, 6) is -1.05. The van der Waals surface area contributed by atoms with Crippen LogP contribution in [0.25, 0.3) is 0 Å². The molecule has 2 aliphatic rings. The van der Waals surface area contributed by atoms with Gasteiger partial charge < -0.3 is 19.7 Å². The minimum absolute atomic E-state index is 0.0247. The lowest BCUT2D eigenvalue weighted by atomic mass is 9.62. The van der Waals surface area contributed by atoms with E-state index in [4.69, 9.17) is 9.47 Å². The Balaban J connectivity index is 1.64. The molecule has 2 unspecified atom stereocenters. The third kappa shape index (κ3) is 4.83. The average Bonchev–Trinajstić information content (AvgIpc) is 2.84. The molecule has 2 heterocycles. The highest BCUT2D eigenvalue weighted by molar-refractivity contribution is 5.88. The van der Waals surface area contributed by atoms with Crippen LogP contribution in [0.1, 0.15) is 47.4 Å². The highest BCUT2D eigenvalue weighted by Crippen LogP contribution is 2.51. The molecule has 2 aromatic carbocycles. The summed E-state index contributed by atoms with van der Waals surface area (Å²) in [5.41, 5.74) is -1.43. The van der Waals surface area contributed by atoms with E-state index in [9.17, 15) is 22.4 Å². The molecule has 9 heteroatoms. The fourth-order valence-electron chi connectivity index (χ4n) is 6.27. The summed E-state index contributed by atoms with van der Waals surface area (Å²) in [5, 5.41) is 3.39. The highest BCUT2D eigenvalue weighted by atomic mass is 19.4. The van der Waals surface area contributed by atoms with Gasteiger partial charge in [-0.3, -0.25) is 4.79 Å². The molecular weight excluding hydrogens is 488 g/mol. The van der Waals surface area contributed by atoms with Gasteiger partial charge in [-0.2, -0.15) is 13.2 Å². The van der Waals surface area contributed by atoms with E-state index in [-0.39, 0.29) is 30.0 Å². The topological polar surface area (TPSA) is 50.8 Å². The summed E-state index contributed by atoms with van der Waals surface area (Å²) in [6.07, 6.45) is -3.11. The Bertz CT molecular complexity index is 1120. The van der Waals surface area contributed by atoms with Crippen molar-refractivity contribution in [2.24, 2.45) is 5.41 Å². The number of methoxy groups -OCH3 is 2. The SMILES string of the molecule is COc1cc(F)ccc1C1CNCCC12CCN(C(=O)C(OC)(c1cc(C)cc(C)c1)C(F)(F)F)CC2. The number of ether oxygens (including phenoxy) is 2. The van der Waals surface area contributed by atoms with E-state index in [1.807, 2.05) is 0 Å². The molecule has 0 radical (unpaired) electrons. The Morgan fingerprint density at radius 1 is 1.03 bits per heavy atom. The van der Waals surface area contributed by atoms with Gasteiger partial charge >= 0.3 is 6.18 Å². The largest absolute Gasteiger partial charge is 0.496 e.